The van der Waals surface area contributed by atoms with Gasteiger partial charge in [-0.05, 0) is 72.3 Å². The average molecular weight is 591 g/mol. The Hall–Kier alpha value is -3.95. The Balaban J connectivity index is 1.34. The molecule has 6 rings (SSSR count). The van der Waals surface area contributed by atoms with Crippen molar-refractivity contribution in [1.29, 1.82) is 0 Å². The standard InChI is InChI=1S/C33H43FN6O3/c1-19-25-14-21(33(25,5)6)15-27(19)37-31(39-38-30(42)32(2,3)4)36-22-9-11-24-28(16-22)35-18-40(29(24)41)13-12-20-8-10-23(43-7)17-26(20)34/h8-11,16-19,21,25,27H,12-15H2,1-7H3,(H,38,42)(H2,36,37,39)/t19-,21+,25+,27+/m1/s1. The molecule has 2 aromatic carbocycles. The molecule has 2 bridgehead atoms. The van der Waals surface area contributed by atoms with Gasteiger partial charge < -0.3 is 10.1 Å². The largest absolute Gasteiger partial charge is 0.497 e. The number of hydrogen-bond acceptors (Lipinski definition) is 5. The summed E-state index contributed by atoms with van der Waals surface area (Å²) in [7, 11) is 1.49. The van der Waals surface area contributed by atoms with Gasteiger partial charge in [0, 0.05) is 23.7 Å². The first kappa shape index (κ1) is 30.5. The van der Waals surface area contributed by atoms with Gasteiger partial charge in [0.1, 0.15) is 11.6 Å². The van der Waals surface area contributed by atoms with E-state index in [0.717, 1.165) is 6.42 Å². The molecule has 4 atom stereocenters. The zero-order valence-electron chi connectivity index (χ0n) is 26.1. The SMILES string of the molecule is COc1ccc(CCn2cnc3cc(NC(=N[C@H]4C[C@@H]5C[C@@H]([C@H]4C)C5(C)C)NNC(=O)C(C)(C)C)ccc3c2=O)c(F)c1. The Morgan fingerprint density at radius 2 is 1.93 bits per heavy atom. The molecule has 43 heavy (non-hydrogen) atoms. The van der Waals surface area contributed by atoms with Crippen LogP contribution in [-0.2, 0) is 17.8 Å². The first-order valence-corrected chi connectivity index (χ1v) is 15.0. The monoisotopic (exact) mass is 590 g/mol. The van der Waals surface area contributed by atoms with Crippen LogP contribution >= 0.6 is 0 Å². The Labute approximate surface area is 252 Å². The lowest BCUT2D eigenvalue weighted by atomic mass is 9.45. The smallest absolute Gasteiger partial charge is 0.261 e. The third kappa shape index (κ3) is 6.24. The number of halogens is 1. The zero-order chi connectivity index (χ0) is 31.1. The van der Waals surface area contributed by atoms with Crippen LogP contribution in [0.15, 0.2) is 52.5 Å². The third-order valence-corrected chi connectivity index (χ3v) is 9.55. The van der Waals surface area contributed by atoms with Crippen LogP contribution in [0.2, 0.25) is 0 Å². The van der Waals surface area contributed by atoms with Crippen molar-refractivity contribution in [2.75, 3.05) is 12.4 Å². The van der Waals surface area contributed by atoms with E-state index in [2.05, 4.69) is 41.9 Å². The van der Waals surface area contributed by atoms with Gasteiger partial charge in [0.2, 0.25) is 11.9 Å². The highest BCUT2D eigenvalue weighted by atomic mass is 19.1. The van der Waals surface area contributed by atoms with Crippen molar-refractivity contribution < 1.29 is 13.9 Å². The van der Waals surface area contributed by atoms with E-state index in [1.54, 1.807) is 30.3 Å². The van der Waals surface area contributed by atoms with Gasteiger partial charge in [-0.15, -0.1) is 0 Å². The predicted octanol–water partition coefficient (Wildman–Crippen LogP) is 5.29. The first-order chi connectivity index (χ1) is 20.3. The minimum atomic E-state index is -0.576. The third-order valence-electron chi connectivity index (χ3n) is 9.55. The van der Waals surface area contributed by atoms with Crippen molar-refractivity contribution in [2.24, 2.45) is 33.6 Å². The van der Waals surface area contributed by atoms with E-state index in [0.29, 0.717) is 63.5 Å². The molecule has 3 saturated carbocycles. The van der Waals surface area contributed by atoms with Crippen LogP contribution in [0.4, 0.5) is 10.1 Å². The minimum absolute atomic E-state index is 0.125. The van der Waals surface area contributed by atoms with Crippen LogP contribution in [0, 0.1) is 34.4 Å². The number of nitrogens with one attached hydrogen (secondary N) is 3. The van der Waals surface area contributed by atoms with Crippen LogP contribution in [0.25, 0.3) is 10.9 Å². The van der Waals surface area contributed by atoms with Gasteiger partial charge in [0.15, 0.2) is 0 Å². The summed E-state index contributed by atoms with van der Waals surface area (Å²) in [6, 6.07) is 10.1. The molecule has 0 spiro atoms. The molecule has 0 unspecified atom stereocenters. The van der Waals surface area contributed by atoms with E-state index in [9.17, 15) is 14.0 Å². The summed E-state index contributed by atoms with van der Waals surface area (Å²) in [4.78, 5) is 35.4. The van der Waals surface area contributed by atoms with E-state index in [1.165, 1.54) is 30.5 Å². The molecule has 10 heteroatoms. The predicted molar refractivity (Wildman–Crippen MR) is 167 cm³/mol. The number of benzene rings is 2. The number of hydrogen-bond donors (Lipinski definition) is 3. The van der Waals surface area contributed by atoms with Crippen molar-refractivity contribution >= 4 is 28.5 Å². The molecule has 230 valence electrons. The van der Waals surface area contributed by atoms with Crippen LogP contribution in [0.1, 0.15) is 59.9 Å². The Morgan fingerprint density at radius 1 is 1.16 bits per heavy atom. The van der Waals surface area contributed by atoms with E-state index < -0.39 is 5.41 Å². The van der Waals surface area contributed by atoms with Gasteiger partial charge in [-0.2, -0.15) is 0 Å². The number of aliphatic imine (C=N–C) groups is 1. The number of guanidine groups is 1. The lowest BCUT2D eigenvalue weighted by Gasteiger charge is -2.61. The van der Waals surface area contributed by atoms with Crippen LogP contribution < -0.4 is 26.5 Å². The van der Waals surface area contributed by atoms with E-state index >= 15 is 0 Å². The normalized spacial score (nSPS) is 22.9. The molecule has 0 radical (unpaired) electrons. The van der Waals surface area contributed by atoms with E-state index in [1.807, 2.05) is 20.8 Å². The highest BCUT2D eigenvalue weighted by Gasteiger charge is 2.56. The number of fused-ring (bicyclic) bond motifs is 3. The summed E-state index contributed by atoms with van der Waals surface area (Å²) in [5, 5.41) is 3.77. The highest BCUT2D eigenvalue weighted by molar-refractivity contribution is 5.97. The van der Waals surface area contributed by atoms with Crippen molar-refractivity contribution in [3.8, 4) is 5.75 Å². The maximum absolute atomic E-state index is 14.4. The summed E-state index contributed by atoms with van der Waals surface area (Å²) < 4.78 is 21.0. The van der Waals surface area contributed by atoms with Crippen molar-refractivity contribution in [1.82, 2.24) is 20.4 Å². The second-order valence-corrected chi connectivity index (χ2v) is 13.6. The summed E-state index contributed by atoms with van der Waals surface area (Å²) >= 11 is 0. The molecule has 3 N–H and O–H groups in total. The van der Waals surface area contributed by atoms with Crippen LogP contribution in [0.3, 0.4) is 0 Å². The number of aryl methyl sites for hydroxylation is 2. The Morgan fingerprint density at radius 3 is 2.58 bits per heavy atom. The molecule has 0 saturated heterocycles. The zero-order valence-corrected chi connectivity index (χ0v) is 26.1. The summed E-state index contributed by atoms with van der Waals surface area (Å²) in [5.41, 5.74) is 7.08. The minimum Gasteiger partial charge on any atom is -0.497 e. The first-order valence-electron chi connectivity index (χ1n) is 15.0. The van der Waals surface area contributed by atoms with Crippen LogP contribution in [0.5, 0.6) is 5.75 Å². The lowest BCUT2D eigenvalue weighted by Crippen LogP contribution is -2.57. The van der Waals surface area contributed by atoms with Gasteiger partial charge >= 0.3 is 0 Å². The summed E-state index contributed by atoms with van der Waals surface area (Å²) in [6.45, 7) is 12.8. The molecule has 1 aromatic heterocycles. The number of methoxy groups -OCH3 is 1. The molecule has 3 aliphatic rings. The molecule has 9 nitrogen and oxygen atoms in total. The number of aromatic nitrogens is 2. The number of carbonyl (C=O) groups excluding carboxylic acids is 1. The quantitative estimate of drug-likeness (QED) is 0.204. The Bertz CT molecular complexity index is 1610. The molecule has 3 aliphatic carbocycles. The van der Waals surface area contributed by atoms with Gasteiger partial charge in [-0.3, -0.25) is 25.0 Å². The van der Waals surface area contributed by atoms with E-state index in [4.69, 9.17) is 9.73 Å². The van der Waals surface area contributed by atoms with Crippen molar-refractivity contribution in [3.05, 3.63) is 64.5 Å². The number of carbonyl (C=O) groups is 1. The van der Waals surface area contributed by atoms with Crippen molar-refractivity contribution in [2.45, 2.75) is 73.4 Å². The topological polar surface area (TPSA) is 110 Å². The highest BCUT2D eigenvalue weighted by Crippen LogP contribution is 2.61. The van der Waals surface area contributed by atoms with Gasteiger partial charge in [-0.25, -0.2) is 14.4 Å². The van der Waals surface area contributed by atoms with Crippen LogP contribution in [-0.4, -0.2) is 34.6 Å². The summed E-state index contributed by atoms with van der Waals surface area (Å²) in [6.07, 6.45) is 4.08. The average Bonchev–Trinajstić information content (AvgIpc) is 2.96. The number of rotatable bonds is 6. The fourth-order valence-electron chi connectivity index (χ4n) is 6.49. The van der Waals surface area contributed by atoms with Crippen molar-refractivity contribution in [3.63, 3.8) is 0 Å². The van der Waals surface area contributed by atoms with Gasteiger partial charge in [0.25, 0.3) is 5.56 Å². The van der Waals surface area contributed by atoms with Gasteiger partial charge in [0.05, 0.1) is 30.4 Å². The Kier molecular flexibility index (Phi) is 8.24. The van der Waals surface area contributed by atoms with Gasteiger partial charge in [-0.1, -0.05) is 47.6 Å². The second-order valence-electron chi connectivity index (χ2n) is 13.6. The molecule has 3 fully saturated rings. The summed E-state index contributed by atoms with van der Waals surface area (Å²) in [5.74, 6) is 2.05. The maximum atomic E-state index is 14.4. The number of ether oxygens (including phenoxy) is 1. The molecule has 3 aromatic rings. The number of nitrogens with zero attached hydrogens (tertiary/aromatic N) is 3. The number of anilines is 1. The number of amides is 1. The fourth-order valence-corrected chi connectivity index (χ4v) is 6.49. The fraction of sp³-hybridized carbons (Fsp3) is 0.515. The van der Waals surface area contributed by atoms with E-state index in [-0.39, 0.29) is 29.9 Å². The second kappa shape index (κ2) is 11.6. The number of hydrazine groups is 1. The lowest BCUT2D eigenvalue weighted by molar-refractivity contribution is -0.129. The molecular weight excluding hydrogens is 547 g/mol. The molecule has 1 amide bonds. The molecular formula is C33H43FN6O3. The molecule has 0 aliphatic heterocycles. The maximum Gasteiger partial charge on any atom is 0.261 e. The molecule has 1 heterocycles.